The Bertz CT molecular complexity index is 742. The summed E-state index contributed by atoms with van der Waals surface area (Å²) in [5.74, 6) is 0.310. The maximum atomic E-state index is 12.9. The van der Waals surface area contributed by atoms with Crippen molar-refractivity contribution in [1.82, 2.24) is 15.6 Å². The molecule has 0 radical (unpaired) electrons. The highest BCUT2D eigenvalue weighted by Gasteiger charge is 2.22. The summed E-state index contributed by atoms with van der Waals surface area (Å²) in [7, 11) is 0. The molecule has 0 saturated carbocycles. The first-order valence-corrected chi connectivity index (χ1v) is 8.39. The maximum Gasteiger partial charge on any atom is 0.242 e. The van der Waals surface area contributed by atoms with Crippen LogP contribution in [-0.2, 0) is 16.0 Å². The fourth-order valence-electron chi connectivity index (χ4n) is 2.74. The Balaban J connectivity index is 1.52. The Morgan fingerprint density at radius 1 is 1.32 bits per heavy atom. The van der Waals surface area contributed by atoms with Gasteiger partial charge in [0.25, 0.3) is 0 Å². The van der Waals surface area contributed by atoms with Gasteiger partial charge < -0.3 is 15.1 Å². The van der Waals surface area contributed by atoms with Gasteiger partial charge in [-0.3, -0.25) is 9.59 Å². The van der Waals surface area contributed by atoms with Crippen molar-refractivity contribution in [3.05, 3.63) is 42.2 Å². The third-order valence-corrected chi connectivity index (χ3v) is 4.12. The van der Waals surface area contributed by atoms with Crippen LogP contribution in [0.1, 0.15) is 31.6 Å². The summed E-state index contributed by atoms with van der Waals surface area (Å²) in [6.45, 7) is 0.660. The number of carbonyl (C=O) groups excluding carboxylic acids is 2. The number of hydrogen-bond acceptors (Lipinski definition) is 4. The van der Waals surface area contributed by atoms with Gasteiger partial charge in [-0.15, -0.1) is 0 Å². The fourth-order valence-corrected chi connectivity index (χ4v) is 2.74. The topological polar surface area (TPSA) is 84.2 Å². The summed E-state index contributed by atoms with van der Waals surface area (Å²) in [6, 6.07) is 5.45. The summed E-state index contributed by atoms with van der Waals surface area (Å²) in [5.41, 5.74) is 0.722. The number of nitrogens with zero attached hydrogens (tertiary/aromatic N) is 1. The van der Waals surface area contributed by atoms with E-state index in [4.69, 9.17) is 4.42 Å². The van der Waals surface area contributed by atoms with E-state index in [2.05, 4.69) is 15.6 Å². The zero-order valence-electron chi connectivity index (χ0n) is 13.8. The van der Waals surface area contributed by atoms with Gasteiger partial charge in [0.1, 0.15) is 11.9 Å². The van der Waals surface area contributed by atoms with Crippen LogP contribution in [0.15, 0.2) is 34.9 Å². The van der Waals surface area contributed by atoms with E-state index >= 15 is 0 Å². The zero-order chi connectivity index (χ0) is 17.6. The number of halogens is 1. The van der Waals surface area contributed by atoms with Crippen molar-refractivity contribution >= 4 is 11.8 Å². The average molecular weight is 345 g/mol. The molecule has 2 N–H and O–H groups in total. The van der Waals surface area contributed by atoms with Crippen LogP contribution in [0.25, 0.3) is 11.3 Å². The number of nitrogens with one attached hydrogen (secondary N) is 2. The number of hydrogen-bond donors (Lipinski definition) is 2. The number of amides is 2. The molecule has 0 bridgehead atoms. The molecule has 2 aromatic rings. The van der Waals surface area contributed by atoms with E-state index in [1.165, 1.54) is 12.1 Å². The monoisotopic (exact) mass is 345 g/mol. The van der Waals surface area contributed by atoms with E-state index < -0.39 is 6.04 Å². The summed E-state index contributed by atoms with van der Waals surface area (Å²) in [5, 5.41) is 5.55. The third kappa shape index (κ3) is 4.65. The highest BCUT2D eigenvalue weighted by atomic mass is 19.1. The highest BCUT2D eigenvalue weighted by Crippen LogP contribution is 2.21. The Hall–Kier alpha value is -2.70. The standard InChI is InChI=1S/C18H20FN3O3/c19-13-6-4-12(5-7-13)15-11-21-17(25-15)9-8-16(23)22-14-3-1-2-10-20-18(14)24/h4-7,11,14H,1-3,8-10H2,(H,20,24)(H,22,23)/t14-/m0/s1. The largest absolute Gasteiger partial charge is 0.441 e. The Labute approximate surface area is 144 Å². The maximum absolute atomic E-state index is 12.9. The van der Waals surface area contributed by atoms with Gasteiger partial charge in [-0.25, -0.2) is 9.37 Å². The molecule has 1 atom stereocenters. The van der Waals surface area contributed by atoms with E-state index in [9.17, 15) is 14.0 Å². The minimum absolute atomic E-state index is 0.124. The first kappa shape index (κ1) is 17.1. The molecule has 1 aliphatic heterocycles. The lowest BCUT2D eigenvalue weighted by Crippen LogP contribution is -2.45. The van der Waals surface area contributed by atoms with Crippen LogP contribution < -0.4 is 10.6 Å². The molecule has 0 unspecified atom stereocenters. The molecule has 7 heteroatoms. The van der Waals surface area contributed by atoms with E-state index in [1.807, 2.05) is 0 Å². The average Bonchev–Trinajstić information content (AvgIpc) is 2.99. The highest BCUT2D eigenvalue weighted by molar-refractivity contribution is 5.87. The molecule has 132 valence electrons. The van der Waals surface area contributed by atoms with Crippen molar-refractivity contribution in [2.24, 2.45) is 0 Å². The smallest absolute Gasteiger partial charge is 0.242 e. The van der Waals surface area contributed by atoms with Crippen molar-refractivity contribution in [3.63, 3.8) is 0 Å². The van der Waals surface area contributed by atoms with Crippen LogP contribution in [0.5, 0.6) is 0 Å². The van der Waals surface area contributed by atoms with Crippen LogP contribution in [-0.4, -0.2) is 29.4 Å². The number of oxazole rings is 1. The van der Waals surface area contributed by atoms with E-state index in [1.54, 1.807) is 18.3 Å². The Morgan fingerprint density at radius 2 is 2.12 bits per heavy atom. The van der Waals surface area contributed by atoms with Crippen molar-refractivity contribution in [1.29, 1.82) is 0 Å². The molecule has 1 aromatic heterocycles. The van der Waals surface area contributed by atoms with E-state index in [-0.39, 0.29) is 24.1 Å². The van der Waals surface area contributed by atoms with Gasteiger partial charge in [0.15, 0.2) is 11.7 Å². The summed E-state index contributed by atoms with van der Waals surface area (Å²) < 4.78 is 18.5. The zero-order valence-corrected chi connectivity index (χ0v) is 13.8. The minimum atomic E-state index is -0.464. The molecule has 1 aliphatic rings. The summed E-state index contributed by atoms with van der Waals surface area (Å²) in [6.07, 6.45) is 4.57. The molecule has 2 heterocycles. The molecule has 1 fully saturated rings. The van der Waals surface area contributed by atoms with Crippen LogP contribution in [0.4, 0.5) is 4.39 Å². The number of benzene rings is 1. The molecular formula is C18H20FN3O3. The lowest BCUT2D eigenvalue weighted by molar-refractivity contribution is -0.128. The van der Waals surface area contributed by atoms with Crippen LogP contribution in [0.2, 0.25) is 0 Å². The van der Waals surface area contributed by atoms with Gasteiger partial charge in [0.05, 0.1) is 6.20 Å². The predicted octanol–water partition coefficient (Wildman–Crippen LogP) is 2.20. The minimum Gasteiger partial charge on any atom is -0.441 e. The van der Waals surface area contributed by atoms with Gasteiger partial charge in [-0.05, 0) is 43.5 Å². The molecule has 2 amide bonds. The van der Waals surface area contributed by atoms with E-state index in [0.29, 0.717) is 31.0 Å². The van der Waals surface area contributed by atoms with Crippen molar-refractivity contribution in [2.75, 3.05) is 6.54 Å². The van der Waals surface area contributed by atoms with Gasteiger partial charge in [-0.1, -0.05) is 0 Å². The van der Waals surface area contributed by atoms with Gasteiger partial charge in [0, 0.05) is 24.9 Å². The van der Waals surface area contributed by atoms with Gasteiger partial charge in [0.2, 0.25) is 11.8 Å². The molecule has 6 nitrogen and oxygen atoms in total. The molecule has 1 saturated heterocycles. The van der Waals surface area contributed by atoms with Crippen LogP contribution in [0, 0.1) is 5.82 Å². The molecule has 25 heavy (non-hydrogen) atoms. The molecular weight excluding hydrogens is 325 g/mol. The Morgan fingerprint density at radius 3 is 2.92 bits per heavy atom. The second-order valence-corrected chi connectivity index (χ2v) is 6.03. The summed E-state index contributed by atoms with van der Waals surface area (Å²) >= 11 is 0. The number of carbonyl (C=O) groups is 2. The second kappa shape index (κ2) is 7.92. The van der Waals surface area contributed by atoms with Crippen molar-refractivity contribution in [2.45, 2.75) is 38.1 Å². The van der Waals surface area contributed by atoms with Crippen molar-refractivity contribution < 1.29 is 18.4 Å². The number of rotatable bonds is 5. The van der Waals surface area contributed by atoms with Crippen LogP contribution >= 0.6 is 0 Å². The molecule has 1 aromatic carbocycles. The van der Waals surface area contributed by atoms with Gasteiger partial charge >= 0.3 is 0 Å². The third-order valence-electron chi connectivity index (χ3n) is 4.12. The van der Waals surface area contributed by atoms with E-state index in [0.717, 1.165) is 18.4 Å². The lowest BCUT2D eigenvalue weighted by Gasteiger charge is -2.14. The van der Waals surface area contributed by atoms with Crippen molar-refractivity contribution in [3.8, 4) is 11.3 Å². The first-order valence-electron chi connectivity index (χ1n) is 8.39. The number of aryl methyl sites for hydroxylation is 1. The van der Waals surface area contributed by atoms with Crippen LogP contribution in [0.3, 0.4) is 0 Å². The number of aromatic nitrogens is 1. The first-order chi connectivity index (χ1) is 12.1. The van der Waals surface area contributed by atoms with Gasteiger partial charge in [-0.2, -0.15) is 0 Å². The Kier molecular flexibility index (Phi) is 5.42. The SMILES string of the molecule is O=C(CCc1ncc(-c2ccc(F)cc2)o1)N[C@H]1CCCCNC1=O. The molecule has 0 aliphatic carbocycles. The summed E-state index contributed by atoms with van der Waals surface area (Å²) in [4.78, 5) is 28.0. The lowest BCUT2D eigenvalue weighted by atomic mass is 10.1. The predicted molar refractivity (Wildman–Crippen MR) is 89.0 cm³/mol. The second-order valence-electron chi connectivity index (χ2n) is 6.03. The molecule has 3 rings (SSSR count). The normalized spacial score (nSPS) is 17.6. The quantitative estimate of drug-likeness (QED) is 0.870. The fraction of sp³-hybridized carbons (Fsp3) is 0.389. The molecule has 0 spiro atoms.